The molecule has 1 fully saturated rings. The second-order valence-corrected chi connectivity index (χ2v) is 7.42. The lowest BCUT2D eigenvalue weighted by Crippen LogP contribution is -2.21. The van der Waals surface area contributed by atoms with Crippen LogP contribution in [-0.4, -0.2) is 10.9 Å². The maximum Gasteiger partial charge on any atom is 0.169 e. The van der Waals surface area contributed by atoms with Gasteiger partial charge < -0.3 is 5.11 Å². The summed E-state index contributed by atoms with van der Waals surface area (Å²) in [5.74, 6) is 0.761. The highest BCUT2D eigenvalue weighted by atomic mass is 16.3. The van der Waals surface area contributed by atoms with Gasteiger partial charge in [0.25, 0.3) is 0 Å². The zero-order valence-corrected chi connectivity index (χ0v) is 14.9. The molecular formula is C23H24O2. The van der Waals surface area contributed by atoms with Crippen molar-refractivity contribution >= 4 is 11.4 Å². The molecule has 0 amide bonds. The van der Waals surface area contributed by atoms with E-state index < -0.39 is 0 Å². The molecular weight excluding hydrogens is 308 g/mol. The lowest BCUT2D eigenvalue weighted by atomic mass is 9.81. The van der Waals surface area contributed by atoms with Crippen LogP contribution < -0.4 is 0 Å². The monoisotopic (exact) mass is 332 g/mol. The van der Waals surface area contributed by atoms with Gasteiger partial charge >= 0.3 is 0 Å². The first-order chi connectivity index (χ1) is 12.1. The third-order valence-electron chi connectivity index (χ3n) is 5.83. The molecule has 2 unspecified atom stereocenters. The van der Waals surface area contributed by atoms with Crippen molar-refractivity contribution in [1.82, 2.24) is 0 Å². The Morgan fingerprint density at radius 2 is 1.68 bits per heavy atom. The van der Waals surface area contributed by atoms with Gasteiger partial charge in [0.05, 0.1) is 5.57 Å². The van der Waals surface area contributed by atoms with Crippen molar-refractivity contribution in [3.8, 4) is 11.1 Å². The summed E-state index contributed by atoms with van der Waals surface area (Å²) in [7, 11) is 0. The van der Waals surface area contributed by atoms with Gasteiger partial charge in [-0.1, -0.05) is 55.0 Å². The van der Waals surface area contributed by atoms with Gasteiger partial charge in [-0.25, -0.2) is 0 Å². The molecule has 2 heteroatoms. The molecule has 2 aromatic carbocycles. The Hall–Kier alpha value is -2.35. The quantitative estimate of drug-likeness (QED) is 0.806. The molecule has 0 saturated heterocycles. The summed E-state index contributed by atoms with van der Waals surface area (Å²) in [6.07, 6.45) is 3.53. The lowest BCUT2D eigenvalue weighted by molar-refractivity contribution is -0.117. The van der Waals surface area contributed by atoms with Crippen molar-refractivity contribution in [3.63, 3.8) is 0 Å². The molecule has 2 aliphatic rings. The van der Waals surface area contributed by atoms with Crippen molar-refractivity contribution in [2.45, 2.75) is 39.5 Å². The number of Topliss-reactive ketones (excluding diaryl/α,β-unsaturated/α-hetero) is 1. The van der Waals surface area contributed by atoms with Crippen molar-refractivity contribution in [2.24, 2.45) is 11.8 Å². The molecule has 2 bridgehead atoms. The van der Waals surface area contributed by atoms with E-state index in [1.165, 1.54) is 11.1 Å². The van der Waals surface area contributed by atoms with Gasteiger partial charge in [0.1, 0.15) is 5.76 Å². The molecule has 2 aromatic rings. The Morgan fingerprint density at radius 3 is 2.40 bits per heavy atom. The van der Waals surface area contributed by atoms with E-state index in [2.05, 4.69) is 50.2 Å². The van der Waals surface area contributed by atoms with Crippen molar-refractivity contribution in [2.75, 3.05) is 0 Å². The van der Waals surface area contributed by atoms with Crippen LogP contribution in [0.4, 0.5) is 0 Å². The molecule has 25 heavy (non-hydrogen) atoms. The van der Waals surface area contributed by atoms with E-state index in [1.807, 2.05) is 6.07 Å². The smallest absolute Gasteiger partial charge is 0.169 e. The number of rotatable bonds is 3. The third kappa shape index (κ3) is 2.70. The van der Waals surface area contributed by atoms with Gasteiger partial charge in [-0.2, -0.15) is 0 Å². The number of hydrogen-bond acceptors (Lipinski definition) is 2. The summed E-state index contributed by atoms with van der Waals surface area (Å²) >= 11 is 0. The van der Waals surface area contributed by atoms with Gasteiger partial charge in [-0.15, -0.1) is 0 Å². The number of allylic oxidation sites excluding steroid dienone is 2. The maximum atomic E-state index is 12.8. The van der Waals surface area contributed by atoms with Gasteiger partial charge in [-0.3, -0.25) is 4.79 Å². The fourth-order valence-electron chi connectivity index (χ4n) is 4.33. The standard InChI is InChI=1S/C23H24O2/c1-3-15-12-17(16-6-4-14(2)5-7-16)10-11-20(15)21-22(24)18-8-9-19(13-18)23(21)25/h4-7,10-12,18-19,24H,3,8-9,13H2,1-2H3. The first-order valence-electron chi connectivity index (χ1n) is 9.26. The fraction of sp³-hybridized carbons (Fsp3) is 0.348. The predicted molar refractivity (Wildman–Crippen MR) is 101 cm³/mol. The summed E-state index contributed by atoms with van der Waals surface area (Å²) < 4.78 is 0. The van der Waals surface area contributed by atoms with Crippen molar-refractivity contribution < 1.29 is 9.90 Å². The van der Waals surface area contributed by atoms with E-state index in [0.717, 1.165) is 42.4 Å². The number of fused-ring (bicyclic) bond motifs is 2. The van der Waals surface area contributed by atoms with Crippen LogP contribution in [0.15, 0.2) is 48.2 Å². The van der Waals surface area contributed by atoms with Crippen LogP contribution in [-0.2, 0) is 11.2 Å². The summed E-state index contributed by atoms with van der Waals surface area (Å²) in [5, 5.41) is 10.7. The van der Waals surface area contributed by atoms with E-state index in [9.17, 15) is 9.90 Å². The maximum absolute atomic E-state index is 12.8. The first kappa shape index (κ1) is 16.1. The van der Waals surface area contributed by atoms with Gasteiger partial charge in [0.15, 0.2) is 5.78 Å². The van der Waals surface area contributed by atoms with E-state index in [1.54, 1.807) is 0 Å². The Balaban J connectivity index is 1.80. The Labute approximate surface area is 149 Å². The minimum atomic E-state index is 0.109. The van der Waals surface area contributed by atoms with E-state index in [-0.39, 0.29) is 17.6 Å². The molecule has 1 N–H and O–H groups in total. The molecule has 0 aliphatic heterocycles. The number of benzene rings is 2. The predicted octanol–water partition coefficient (Wildman–Crippen LogP) is 5.49. The van der Waals surface area contributed by atoms with Crippen LogP contribution in [0.5, 0.6) is 0 Å². The highest BCUT2D eigenvalue weighted by Gasteiger charge is 2.41. The second kappa shape index (κ2) is 6.18. The van der Waals surface area contributed by atoms with Crippen LogP contribution in [0.25, 0.3) is 16.7 Å². The number of hydrogen-bond donors (Lipinski definition) is 1. The normalized spacial score (nSPS) is 22.6. The van der Waals surface area contributed by atoms with Gasteiger partial charge in [-0.05, 0) is 54.9 Å². The Morgan fingerprint density at radius 1 is 1.00 bits per heavy atom. The molecule has 0 spiro atoms. The van der Waals surface area contributed by atoms with Crippen LogP contribution in [0.3, 0.4) is 0 Å². The van der Waals surface area contributed by atoms with Crippen molar-refractivity contribution in [1.29, 1.82) is 0 Å². The molecule has 128 valence electrons. The summed E-state index contributed by atoms with van der Waals surface area (Å²) in [5.41, 5.74) is 6.24. The van der Waals surface area contributed by atoms with Crippen LogP contribution in [0, 0.1) is 18.8 Å². The molecule has 2 atom stereocenters. The molecule has 0 heterocycles. The van der Waals surface area contributed by atoms with Gasteiger partial charge in [0.2, 0.25) is 0 Å². The molecule has 0 radical (unpaired) electrons. The number of aryl methyl sites for hydroxylation is 2. The van der Waals surface area contributed by atoms with E-state index >= 15 is 0 Å². The van der Waals surface area contributed by atoms with Crippen LogP contribution in [0.2, 0.25) is 0 Å². The molecule has 2 nitrogen and oxygen atoms in total. The summed E-state index contributed by atoms with van der Waals surface area (Å²) in [6.45, 7) is 4.19. The zero-order valence-electron chi connectivity index (χ0n) is 14.9. The number of aliphatic hydroxyl groups excluding tert-OH is 1. The first-order valence-corrected chi connectivity index (χ1v) is 9.26. The highest BCUT2D eigenvalue weighted by molar-refractivity contribution is 6.23. The minimum Gasteiger partial charge on any atom is -0.511 e. The van der Waals surface area contributed by atoms with Crippen LogP contribution >= 0.6 is 0 Å². The fourth-order valence-corrected chi connectivity index (χ4v) is 4.33. The minimum absolute atomic E-state index is 0.109. The zero-order chi connectivity index (χ0) is 17.6. The number of carbonyl (C=O) groups excluding carboxylic acids is 1. The number of carbonyl (C=O) groups is 1. The number of aliphatic hydroxyl groups is 1. The van der Waals surface area contributed by atoms with E-state index in [0.29, 0.717) is 11.3 Å². The van der Waals surface area contributed by atoms with Crippen molar-refractivity contribution in [3.05, 3.63) is 64.9 Å². The summed E-state index contributed by atoms with van der Waals surface area (Å²) in [6, 6.07) is 14.8. The molecule has 0 aromatic heterocycles. The molecule has 2 aliphatic carbocycles. The molecule has 1 saturated carbocycles. The average Bonchev–Trinajstić information content (AvgIpc) is 3.08. The lowest BCUT2D eigenvalue weighted by Gasteiger charge is -2.23. The SMILES string of the molecule is CCc1cc(-c2ccc(C)cc2)ccc1C1=C(O)C2CCC(C2)C1=O. The Kier molecular flexibility index (Phi) is 3.99. The second-order valence-electron chi connectivity index (χ2n) is 7.42. The average molecular weight is 332 g/mol. The molecule has 4 rings (SSSR count). The summed E-state index contributed by atoms with van der Waals surface area (Å²) in [4.78, 5) is 12.8. The van der Waals surface area contributed by atoms with Gasteiger partial charge in [0, 0.05) is 11.8 Å². The third-order valence-corrected chi connectivity index (χ3v) is 5.83. The Bertz CT molecular complexity index is 858. The van der Waals surface area contributed by atoms with Crippen LogP contribution in [0.1, 0.15) is 42.9 Å². The number of ketones is 1. The largest absolute Gasteiger partial charge is 0.511 e. The van der Waals surface area contributed by atoms with E-state index in [4.69, 9.17) is 0 Å². The topological polar surface area (TPSA) is 37.3 Å². The highest BCUT2D eigenvalue weighted by Crippen LogP contribution is 2.46.